The molecule has 1 saturated heterocycles. The Labute approximate surface area is 113 Å². The molecule has 0 aliphatic carbocycles. The summed E-state index contributed by atoms with van der Waals surface area (Å²) in [6, 6.07) is 3.78. The number of likely N-dealkylation sites (tertiary alicyclic amines) is 1. The molecule has 0 unspecified atom stereocenters. The predicted molar refractivity (Wildman–Crippen MR) is 74.6 cm³/mol. The molecule has 19 heavy (non-hydrogen) atoms. The summed E-state index contributed by atoms with van der Waals surface area (Å²) in [5.41, 5.74) is 1.75. The zero-order valence-electron chi connectivity index (χ0n) is 11.1. The summed E-state index contributed by atoms with van der Waals surface area (Å²) in [5, 5.41) is 0. The average Bonchev–Trinajstić information content (AvgIpc) is 2.88. The summed E-state index contributed by atoms with van der Waals surface area (Å²) < 4.78 is 2.04. The van der Waals surface area contributed by atoms with Crippen molar-refractivity contribution in [3.05, 3.63) is 35.9 Å². The molecule has 3 heterocycles. The number of aldehydes is 1. The summed E-state index contributed by atoms with van der Waals surface area (Å²) in [6.45, 7) is 3.48. The highest BCUT2D eigenvalue weighted by Gasteiger charge is 2.11. The molecule has 2 aromatic rings. The Bertz CT molecular complexity index is 570. The van der Waals surface area contributed by atoms with Gasteiger partial charge in [-0.05, 0) is 38.1 Å². The average molecular weight is 257 g/mol. The number of carbonyl (C=O) groups is 1. The van der Waals surface area contributed by atoms with E-state index in [-0.39, 0.29) is 0 Å². The van der Waals surface area contributed by atoms with E-state index in [2.05, 4.69) is 9.88 Å². The molecule has 0 saturated carbocycles. The number of hydrogen-bond acceptors (Lipinski definition) is 3. The van der Waals surface area contributed by atoms with Gasteiger partial charge in [0.2, 0.25) is 0 Å². The second-order valence-electron chi connectivity index (χ2n) is 5.20. The Kier molecular flexibility index (Phi) is 3.60. The van der Waals surface area contributed by atoms with Gasteiger partial charge < -0.3 is 9.30 Å². The van der Waals surface area contributed by atoms with Gasteiger partial charge in [-0.25, -0.2) is 4.98 Å². The molecule has 100 valence electrons. The maximum Gasteiger partial charge on any atom is 0.151 e. The van der Waals surface area contributed by atoms with Gasteiger partial charge in [0.1, 0.15) is 5.82 Å². The molecule has 3 rings (SSSR count). The first-order chi connectivity index (χ1) is 9.36. The Hall–Kier alpha value is -1.68. The quantitative estimate of drug-likeness (QED) is 0.788. The van der Waals surface area contributed by atoms with Gasteiger partial charge >= 0.3 is 0 Å². The van der Waals surface area contributed by atoms with Gasteiger partial charge in [0.05, 0.1) is 11.7 Å². The molecule has 0 aromatic carbocycles. The first kappa shape index (κ1) is 12.4. The number of hydrogen-bond donors (Lipinski definition) is 0. The van der Waals surface area contributed by atoms with Crippen LogP contribution in [0.2, 0.25) is 0 Å². The number of fused-ring (bicyclic) bond motifs is 1. The van der Waals surface area contributed by atoms with Crippen molar-refractivity contribution in [2.24, 2.45) is 0 Å². The monoisotopic (exact) mass is 257 g/mol. The van der Waals surface area contributed by atoms with Gasteiger partial charge in [-0.2, -0.15) is 0 Å². The first-order valence-electron chi connectivity index (χ1n) is 7.00. The van der Waals surface area contributed by atoms with Crippen molar-refractivity contribution in [3.63, 3.8) is 0 Å². The molecule has 1 aliphatic rings. The molecule has 0 bridgehead atoms. The third kappa shape index (κ3) is 2.68. The summed E-state index contributed by atoms with van der Waals surface area (Å²) in [5.74, 6) is 1.05. The lowest BCUT2D eigenvalue weighted by molar-refractivity contribution is 0.112. The van der Waals surface area contributed by atoms with Crippen LogP contribution in [-0.2, 0) is 6.42 Å². The summed E-state index contributed by atoms with van der Waals surface area (Å²) >= 11 is 0. The standard InChI is InChI=1S/C15H19N3O/c19-12-13-4-5-14-10-16-15(18(14)11-13)6-9-17-7-2-1-3-8-17/h4-5,10-12H,1-3,6-9H2. The summed E-state index contributed by atoms with van der Waals surface area (Å²) in [6.07, 6.45) is 9.58. The van der Waals surface area contributed by atoms with Crippen LogP contribution in [0, 0.1) is 0 Å². The lowest BCUT2D eigenvalue weighted by atomic mass is 10.1. The van der Waals surface area contributed by atoms with Crippen molar-refractivity contribution in [2.45, 2.75) is 25.7 Å². The molecule has 1 fully saturated rings. The highest BCUT2D eigenvalue weighted by molar-refractivity contribution is 5.75. The highest BCUT2D eigenvalue weighted by Crippen LogP contribution is 2.12. The molecule has 0 amide bonds. The van der Waals surface area contributed by atoms with Crippen molar-refractivity contribution < 1.29 is 4.79 Å². The molecular formula is C15H19N3O. The second-order valence-corrected chi connectivity index (χ2v) is 5.20. The number of carbonyl (C=O) groups excluding carboxylic acids is 1. The minimum atomic E-state index is 0.699. The molecule has 4 heteroatoms. The lowest BCUT2D eigenvalue weighted by Crippen LogP contribution is -2.31. The third-order valence-electron chi connectivity index (χ3n) is 3.86. The maximum atomic E-state index is 10.8. The summed E-state index contributed by atoms with van der Waals surface area (Å²) in [4.78, 5) is 17.8. The second kappa shape index (κ2) is 5.53. The predicted octanol–water partition coefficient (Wildman–Crippen LogP) is 2.18. The van der Waals surface area contributed by atoms with E-state index in [4.69, 9.17) is 0 Å². The van der Waals surface area contributed by atoms with Gasteiger partial charge in [-0.3, -0.25) is 4.79 Å². The Morgan fingerprint density at radius 2 is 2.05 bits per heavy atom. The fourth-order valence-corrected chi connectivity index (χ4v) is 2.76. The highest BCUT2D eigenvalue weighted by atomic mass is 16.1. The van der Waals surface area contributed by atoms with Gasteiger partial charge in [-0.1, -0.05) is 6.42 Å². The van der Waals surface area contributed by atoms with Crippen molar-refractivity contribution in [1.82, 2.24) is 14.3 Å². The fraction of sp³-hybridized carbons (Fsp3) is 0.467. The number of imidazole rings is 1. The van der Waals surface area contributed by atoms with Crippen molar-refractivity contribution in [1.29, 1.82) is 0 Å². The zero-order chi connectivity index (χ0) is 13.1. The minimum Gasteiger partial charge on any atom is -0.303 e. The minimum absolute atomic E-state index is 0.699. The normalized spacial score (nSPS) is 16.8. The Morgan fingerprint density at radius 1 is 1.21 bits per heavy atom. The van der Waals surface area contributed by atoms with E-state index in [1.807, 2.05) is 28.9 Å². The number of nitrogens with zero attached hydrogens (tertiary/aromatic N) is 3. The molecule has 4 nitrogen and oxygen atoms in total. The SMILES string of the molecule is O=Cc1ccc2cnc(CCN3CCCCC3)n2c1. The maximum absolute atomic E-state index is 10.8. The number of aromatic nitrogens is 2. The fourth-order valence-electron chi connectivity index (χ4n) is 2.76. The van der Waals surface area contributed by atoms with Crippen molar-refractivity contribution >= 4 is 11.8 Å². The molecular weight excluding hydrogens is 238 g/mol. The largest absolute Gasteiger partial charge is 0.303 e. The van der Waals surface area contributed by atoms with Crippen LogP contribution in [-0.4, -0.2) is 40.2 Å². The van der Waals surface area contributed by atoms with Crippen molar-refractivity contribution in [2.75, 3.05) is 19.6 Å². The van der Waals surface area contributed by atoms with Crippen LogP contribution >= 0.6 is 0 Å². The van der Waals surface area contributed by atoms with E-state index in [9.17, 15) is 4.79 Å². The Morgan fingerprint density at radius 3 is 2.84 bits per heavy atom. The zero-order valence-corrected chi connectivity index (χ0v) is 11.1. The molecule has 0 radical (unpaired) electrons. The van der Waals surface area contributed by atoms with E-state index >= 15 is 0 Å². The van der Waals surface area contributed by atoms with Crippen LogP contribution in [0.1, 0.15) is 35.4 Å². The topological polar surface area (TPSA) is 37.6 Å². The van der Waals surface area contributed by atoms with Gasteiger partial charge in [-0.15, -0.1) is 0 Å². The molecule has 0 spiro atoms. The van der Waals surface area contributed by atoms with Crippen LogP contribution in [0.3, 0.4) is 0 Å². The van der Waals surface area contributed by atoms with E-state index in [0.29, 0.717) is 5.56 Å². The first-order valence-corrected chi connectivity index (χ1v) is 7.00. The van der Waals surface area contributed by atoms with E-state index in [1.165, 1.54) is 32.4 Å². The van der Waals surface area contributed by atoms with Gasteiger partial charge in [0, 0.05) is 24.7 Å². The van der Waals surface area contributed by atoms with Crippen molar-refractivity contribution in [3.8, 4) is 0 Å². The molecule has 2 aromatic heterocycles. The van der Waals surface area contributed by atoms with Gasteiger partial charge in [0.25, 0.3) is 0 Å². The van der Waals surface area contributed by atoms with Crippen LogP contribution in [0.5, 0.6) is 0 Å². The lowest BCUT2D eigenvalue weighted by Gasteiger charge is -2.25. The number of rotatable bonds is 4. The van der Waals surface area contributed by atoms with Crippen LogP contribution in [0.25, 0.3) is 5.52 Å². The van der Waals surface area contributed by atoms with Crippen LogP contribution in [0.15, 0.2) is 24.5 Å². The summed E-state index contributed by atoms with van der Waals surface area (Å²) in [7, 11) is 0. The Balaban J connectivity index is 1.74. The molecule has 0 N–H and O–H groups in total. The van der Waals surface area contributed by atoms with E-state index < -0.39 is 0 Å². The number of pyridine rings is 1. The third-order valence-corrected chi connectivity index (χ3v) is 3.86. The van der Waals surface area contributed by atoms with Crippen LogP contribution in [0.4, 0.5) is 0 Å². The van der Waals surface area contributed by atoms with E-state index in [0.717, 1.165) is 30.6 Å². The van der Waals surface area contributed by atoms with Crippen LogP contribution < -0.4 is 0 Å². The smallest absolute Gasteiger partial charge is 0.151 e. The molecule has 0 atom stereocenters. The molecule has 1 aliphatic heterocycles. The van der Waals surface area contributed by atoms with E-state index in [1.54, 1.807) is 0 Å². The number of piperidine rings is 1. The van der Waals surface area contributed by atoms with Gasteiger partial charge in [0.15, 0.2) is 6.29 Å².